The van der Waals surface area contributed by atoms with Crippen molar-refractivity contribution in [2.75, 3.05) is 20.8 Å². The zero-order valence-corrected chi connectivity index (χ0v) is 15.0. The van der Waals surface area contributed by atoms with Crippen molar-refractivity contribution >= 4 is 23.8 Å². The summed E-state index contributed by atoms with van der Waals surface area (Å²) >= 11 is 0. The molecule has 2 aromatic rings. The molecular weight excluding hydrogens is 350 g/mol. The van der Waals surface area contributed by atoms with Gasteiger partial charge in [-0.1, -0.05) is 12.1 Å². The highest BCUT2D eigenvalue weighted by molar-refractivity contribution is 5.87. The van der Waals surface area contributed by atoms with Gasteiger partial charge in [0.2, 0.25) is 0 Å². The molecule has 0 spiro atoms. The number of non-ortho nitro benzene ring substituents is 1. The average molecular weight is 369 g/mol. The quantitative estimate of drug-likeness (QED) is 0.304. The predicted octanol–water partition coefficient (Wildman–Crippen LogP) is 3.88. The molecule has 2 rings (SSSR count). The molecule has 140 valence electrons. The van der Waals surface area contributed by atoms with Crippen LogP contribution in [0.3, 0.4) is 0 Å². The minimum absolute atomic E-state index is 0.00461. The van der Waals surface area contributed by atoms with Crippen LogP contribution in [0.2, 0.25) is 0 Å². The van der Waals surface area contributed by atoms with Gasteiger partial charge in [-0.25, -0.2) is 4.79 Å². The van der Waals surface area contributed by atoms with Crippen LogP contribution in [0.4, 0.5) is 5.69 Å². The fraction of sp³-hybridized carbons (Fsp3) is 0.150. The van der Waals surface area contributed by atoms with Crippen LogP contribution in [-0.4, -0.2) is 31.7 Å². The Hall–Kier alpha value is -3.61. The van der Waals surface area contributed by atoms with Crippen molar-refractivity contribution in [1.29, 1.82) is 0 Å². The number of ether oxygens (including phenoxy) is 3. The van der Waals surface area contributed by atoms with E-state index < -0.39 is 10.9 Å². The first-order valence-corrected chi connectivity index (χ1v) is 8.01. The summed E-state index contributed by atoms with van der Waals surface area (Å²) in [5, 5.41) is 10.6. The summed E-state index contributed by atoms with van der Waals surface area (Å²) < 4.78 is 15.5. The van der Waals surface area contributed by atoms with Crippen molar-refractivity contribution in [2.24, 2.45) is 0 Å². The summed E-state index contributed by atoms with van der Waals surface area (Å²) in [6.07, 6.45) is 6.31. The number of benzene rings is 2. The highest BCUT2D eigenvalue weighted by Gasteiger charge is 2.04. The second-order valence-electron chi connectivity index (χ2n) is 5.33. The average Bonchev–Trinajstić information content (AvgIpc) is 2.69. The SMILES string of the molecule is COc1ccc(/C=C/COC(=O)/C=C/c2ccc([N+](=O)[O-])cc2)cc1OC. The number of hydrogen-bond donors (Lipinski definition) is 0. The van der Waals surface area contributed by atoms with Gasteiger partial charge in [-0.3, -0.25) is 10.1 Å². The molecule has 0 amide bonds. The topological polar surface area (TPSA) is 87.9 Å². The van der Waals surface area contributed by atoms with Gasteiger partial charge in [-0.2, -0.15) is 0 Å². The molecule has 0 aliphatic rings. The molecule has 0 fully saturated rings. The Morgan fingerprint density at radius 1 is 1.00 bits per heavy atom. The van der Waals surface area contributed by atoms with Gasteiger partial charge in [-0.15, -0.1) is 0 Å². The summed E-state index contributed by atoms with van der Waals surface area (Å²) in [5.74, 6) is 0.741. The summed E-state index contributed by atoms with van der Waals surface area (Å²) in [4.78, 5) is 21.8. The predicted molar refractivity (Wildman–Crippen MR) is 102 cm³/mol. The van der Waals surface area contributed by atoms with Gasteiger partial charge in [-0.05, 0) is 47.5 Å². The van der Waals surface area contributed by atoms with E-state index in [1.165, 1.54) is 24.3 Å². The number of methoxy groups -OCH3 is 2. The van der Waals surface area contributed by atoms with Gasteiger partial charge < -0.3 is 14.2 Å². The molecular formula is C20H19NO6. The lowest BCUT2D eigenvalue weighted by Crippen LogP contribution is -1.99. The number of hydrogen-bond acceptors (Lipinski definition) is 6. The Kier molecular flexibility index (Phi) is 7.13. The largest absolute Gasteiger partial charge is 0.493 e. The van der Waals surface area contributed by atoms with Crippen LogP contribution in [0, 0.1) is 10.1 Å². The zero-order chi connectivity index (χ0) is 19.6. The molecule has 27 heavy (non-hydrogen) atoms. The lowest BCUT2D eigenvalue weighted by atomic mass is 10.2. The minimum Gasteiger partial charge on any atom is -0.493 e. The first-order valence-electron chi connectivity index (χ1n) is 8.01. The molecule has 0 unspecified atom stereocenters. The fourth-order valence-electron chi connectivity index (χ4n) is 2.19. The molecule has 0 N–H and O–H groups in total. The van der Waals surface area contributed by atoms with E-state index >= 15 is 0 Å². The van der Waals surface area contributed by atoms with Crippen LogP contribution in [0.15, 0.2) is 54.6 Å². The number of esters is 1. The maximum absolute atomic E-state index is 11.7. The van der Waals surface area contributed by atoms with Crippen molar-refractivity contribution in [3.05, 3.63) is 75.9 Å². The van der Waals surface area contributed by atoms with Crippen molar-refractivity contribution in [3.63, 3.8) is 0 Å². The first-order chi connectivity index (χ1) is 13.0. The summed E-state index contributed by atoms with van der Waals surface area (Å²) in [6, 6.07) is 11.3. The van der Waals surface area contributed by atoms with Gasteiger partial charge >= 0.3 is 5.97 Å². The van der Waals surface area contributed by atoms with Crippen molar-refractivity contribution < 1.29 is 23.9 Å². The third kappa shape index (κ3) is 6.00. The number of carbonyl (C=O) groups excluding carboxylic acids is 1. The van der Waals surface area contributed by atoms with E-state index in [4.69, 9.17) is 14.2 Å². The van der Waals surface area contributed by atoms with Crippen LogP contribution in [0.5, 0.6) is 11.5 Å². The van der Waals surface area contributed by atoms with E-state index in [1.807, 2.05) is 12.1 Å². The zero-order valence-electron chi connectivity index (χ0n) is 15.0. The number of nitrogens with zero attached hydrogens (tertiary/aromatic N) is 1. The fourth-order valence-corrected chi connectivity index (χ4v) is 2.19. The molecule has 7 heteroatoms. The molecule has 0 atom stereocenters. The van der Waals surface area contributed by atoms with E-state index in [9.17, 15) is 14.9 Å². The third-order valence-electron chi connectivity index (χ3n) is 3.56. The lowest BCUT2D eigenvalue weighted by molar-refractivity contribution is -0.384. The maximum Gasteiger partial charge on any atom is 0.331 e. The second kappa shape index (κ2) is 9.76. The third-order valence-corrected chi connectivity index (χ3v) is 3.56. The normalized spacial score (nSPS) is 10.9. The van der Waals surface area contributed by atoms with Crippen molar-refractivity contribution in [1.82, 2.24) is 0 Å². The Morgan fingerprint density at radius 3 is 2.30 bits per heavy atom. The number of carbonyl (C=O) groups is 1. The Bertz CT molecular complexity index is 855. The Balaban J connectivity index is 1.85. The van der Waals surface area contributed by atoms with Crippen LogP contribution in [0.25, 0.3) is 12.2 Å². The second-order valence-corrected chi connectivity index (χ2v) is 5.33. The molecule has 0 aliphatic carbocycles. The van der Waals surface area contributed by atoms with Gasteiger partial charge in [0.25, 0.3) is 5.69 Å². The molecule has 0 saturated heterocycles. The Morgan fingerprint density at radius 2 is 1.67 bits per heavy atom. The number of rotatable bonds is 8. The van der Waals surface area contributed by atoms with Crippen LogP contribution in [-0.2, 0) is 9.53 Å². The minimum atomic E-state index is -0.509. The molecule has 7 nitrogen and oxygen atoms in total. The molecule has 0 bridgehead atoms. The van der Waals surface area contributed by atoms with Gasteiger partial charge in [0.15, 0.2) is 11.5 Å². The van der Waals surface area contributed by atoms with Crippen molar-refractivity contribution in [3.8, 4) is 11.5 Å². The number of nitro groups is 1. The van der Waals surface area contributed by atoms with Crippen LogP contribution < -0.4 is 9.47 Å². The standard InChI is InChI=1S/C20H19NO6/c1-25-18-11-7-16(14-19(18)26-2)4-3-13-27-20(22)12-8-15-5-9-17(10-6-15)21(23)24/h3-12,14H,13H2,1-2H3/b4-3+,12-8+. The van der Waals surface area contributed by atoms with Crippen LogP contribution >= 0.6 is 0 Å². The molecule has 0 heterocycles. The van der Waals surface area contributed by atoms with Crippen LogP contribution in [0.1, 0.15) is 11.1 Å². The highest BCUT2D eigenvalue weighted by Crippen LogP contribution is 2.27. The van der Waals surface area contributed by atoms with E-state index in [2.05, 4.69) is 0 Å². The van der Waals surface area contributed by atoms with Gasteiger partial charge in [0.1, 0.15) is 6.61 Å². The van der Waals surface area contributed by atoms with Crippen molar-refractivity contribution in [2.45, 2.75) is 0 Å². The molecule has 0 saturated carbocycles. The molecule has 0 aliphatic heterocycles. The van der Waals surface area contributed by atoms with E-state index in [-0.39, 0.29) is 12.3 Å². The van der Waals surface area contributed by atoms with E-state index in [0.717, 1.165) is 5.56 Å². The lowest BCUT2D eigenvalue weighted by Gasteiger charge is -2.07. The van der Waals surface area contributed by atoms with Gasteiger partial charge in [0.05, 0.1) is 19.1 Å². The summed E-state index contributed by atoms with van der Waals surface area (Å²) in [7, 11) is 3.13. The first kappa shape index (κ1) is 19.7. The Labute approximate surface area is 156 Å². The van der Waals surface area contributed by atoms with E-state index in [0.29, 0.717) is 17.1 Å². The van der Waals surface area contributed by atoms with Gasteiger partial charge in [0, 0.05) is 18.2 Å². The van der Waals surface area contributed by atoms with E-state index in [1.54, 1.807) is 44.6 Å². The molecule has 2 aromatic carbocycles. The highest BCUT2D eigenvalue weighted by atomic mass is 16.6. The smallest absolute Gasteiger partial charge is 0.331 e. The number of nitro benzene ring substituents is 1. The monoisotopic (exact) mass is 369 g/mol. The maximum atomic E-state index is 11.7. The molecule has 0 aromatic heterocycles. The summed E-state index contributed by atoms with van der Waals surface area (Å²) in [5.41, 5.74) is 1.54. The summed E-state index contributed by atoms with van der Waals surface area (Å²) in [6.45, 7) is 0.109. The molecule has 0 radical (unpaired) electrons.